The van der Waals surface area contributed by atoms with Gasteiger partial charge in [0.1, 0.15) is 0 Å². The third-order valence-corrected chi connectivity index (χ3v) is 2.61. The Morgan fingerprint density at radius 3 is 2.91 bits per heavy atom. The molecule has 0 bridgehead atoms. The molecule has 0 spiro atoms. The zero-order valence-electron chi connectivity index (χ0n) is 6.75. The fourth-order valence-corrected chi connectivity index (χ4v) is 1.84. The van der Waals surface area contributed by atoms with Crippen LogP contribution < -0.4 is 0 Å². The van der Waals surface area contributed by atoms with Crippen LogP contribution in [0.3, 0.4) is 0 Å². The smallest absolute Gasteiger partial charge is 0.0723 e. The standard InChI is InChI=1S/C7H14INO2/c1-10-4-5-11-7-2-3-9(8)6-7/h7H,2-6H2,1H3/t7-/m0/s1. The number of hydrogen-bond donors (Lipinski definition) is 0. The van der Waals surface area contributed by atoms with Gasteiger partial charge in [0.15, 0.2) is 0 Å². The van der Waals surface area contributed by atoms with Crippen LogP contribution >= 0.6 is 22.9 Å². The van der Waals surface area contributed by atoms with E-state index < -0.39 is 0 Å². The van der Waals surface area contributed by atoms with E-state index in [4.69, 9.17) is 9.47 Å². The molecule has 3 nitrogen and oxygen atoms in total. The van der Waals surface area contributed by atoms with Gasteiger partial charge in [-0.2, -0.15) is 0 Å². The number of ether oxygens (including phenoxy) is 2. The van der Waals surface area contributed by atoms with Crippen molar-refractivity contribution in [1.82, 2.24) is 3.11 Å². The number of rotatable bonds is 4. The molecule has 1 aliphatic heterocycles. The van der Waals surface area contributed by atoms with E-state index in [2.05, 4.69) is 26.0 Å². The van der Waals surface area contributed by atoms with Crippen LogP contribution in [0.1, 0.15) is 6.42 Å². The number of methoxy groups -OCH3 is 1. The molecule has 0 unspecified atom stereocenters. The summed E-state index contributed by atoms with van der Waals surface area (Å²) >= 11 is 2.33. The lowest BCUT2D eigenvalue weighted by molar-refractivity contribution is 0.0256. The van der Waals surface area contributed by atoms with Crippen molar-refractivity contribution in [2.75, 3.05) is 33.4 Å². The van der Waals surface area contributed by atoms with E-state index in [1.54, 1.807) is 7.11 Å². The highest BCUT2D eigenvalue weighted by Crippen LogP contribution is 2.15. The molecule has 1 heterocycles. The van der Waals surface area contributed by atoms with Crippen LogP contribution in [0.15, 0.2) is 0 Å². The van der Waals surface area contributed by atoms with Crippen LogP contribution in [0.2, 0.25) is 0 Å². The van der Waals surface area contributed by atoms with Gasteiger partial charge in [-0.15, -0.1) is 0 Å². The van der Waals surface area contributed by atoms with E-state index in [0.717, 1.165) is 26.1 Å². The molecule has 1 atom stereocenters. The number of nitrogens with zero attached hydrogens (tertiary/aromatic N) is 1. The van der Waals surface area contributed by atoms with Crippen LogP contribution in [0, 0.1) is 0 Å². The predicted molar refractivity (Wildman–Crippen MR) is 51.8 cm³/mol. The molecule has 0 aromatic rings. The second kappa shape index (κ2) is 5.29. The molecule has 1 aliphatic rings. The Bertz CT molecular complexity index is 113. The molecule has 0 aromatic heterocycles. The molecule has 0 amide bonds. The highest BCUT2D eigenvalue weighted by molar-refractivity contribution is 14.1. The van der Waals surface area contributed by atoms with E-state index in [-0.39, 0.29) is 0 Å². The molecule has 11 heavy (non-hydrogen) atoms. The fourth-order valence-electron chi connectivity index (χ4n) is 1.12. The van der Waals surface area contributed by atoms with Crippen LogP contribution in [0.5, 0.6) is 0 Å². The second-order valence-corrected chi connectivity index (χ2v) is 4.01. The quantitative estimate of drug-likeness (QED) is 0.434. The van der Waals surface area contributed by atoms with E-state index in [1.807, 2.05) is 0 Å². The molecule has 0 N–H and O–H groups in total. The first-order valence-corrected chi connectivity index (χ1v) is 4.80. The average molecular weight is 271 g/mol. The highest BCUT2D eigenvalue weighted by atomic mass is 127. The third-order valence-electron chi connectivity index (χ3n) is 1.74. The first kappa shape index (κ1) is 9.70. The summed E-state index contributed by atoms with van der Waals surface area (Å²) in [6, 6.07) is 0. The molecule has 1 saturated heterocycles. The maximum absolute atomic E-state index is 5.54. The Kier molecular flexibility index (Phi) is 4.66. The summed E-state index contributed by atoms with van der Waals surface area (Å²) in [5.74, 6) is 0. The summed E-state index contributed by atoms with van der Waals surface area (Å²) in [5, 5.41) is 0. The number of hydrogen-bond acceptors (Lipinski definition) is 3. The van der Waals surface area contributed by atoms with Gasteiger partial charge in [0.05, 0.1) is 19.3 Å². The van der Waals surface area contributed by atoms with Gasteiger partial charge >= 0.3 is 0 Å². The second-order valence-electron chi connectivity index (χ2n) is 2.64. The maximum atomic E-state index is 5.54. The van der Waals surface area contributed by atoms with Crippen LogP contribution in [0.25, 0.3) is 0 Å². The molecule has 66 valence electrons. The Hall–Kier alpha value is 0.610. The first-order valence-electron chi connectivity index (χ1n) is 3.84. The summed E-state index contributed by atoms with van der Waals surface area (Å²) in [6.45, 7) is 3.64. The van der Waals surface area contributed by atoms with Crippen molar-refractivity contribution in [3.63, 3.8) is 0 Å². The molecule has 0 aromatic carbocycles. The van der Waals surface area contributed by atoms with Crippen LogP contribution in [-0.2, 0) is 9.47 Å². The van der Waals surface area contributed by atoms with Crippen molar-refractivity contribution in [2.24, 2.45) is 0 Å². The monoisotopic (exact) mass is 271 g/mol. The average Bonchev–Trinajstić information content (AvgIpc) is 2.37. The van der Waals surface area contributed by atoms with Gasteiger partial charge in [-0.25, -0.2) is 3.11 Å². The molecule has 1 rings (SSSR count). The molecular weight excluding hydrogens is 257 g/mol. The van der Waals surface area contributed by atoms with Gasteiger partial charge in [-0.3, -0.25) is 0 Å². The molecular formula is C7H14INO2. The van der Waals surface area contributed by atoms with Gasteiger partial charge in [0, 0.05) is 43.1 Å². The van der Waals surface area contributed by atoms with E-state index in [9.17, 15) is 0 Å². The molecule has 0 radical (unpaired) electrons. The summed E-state index contributed by atoms with van der Waals surface area (Å²) < 4.78 is 12.7. The highest BCUT2D eigenvalue weighted by Gasteiger charge is 2.20. The number of halogens is 1. The molecule has 0 aliphatic carbocycles. The van der Waals surface area contributed by atoms with Gasteiger partial charge in [0.25, 0.3) is 0 Å². The first-order chi connectivity index (χ1) is 5.33. The van der Waals surface area contributed by atoms with Gasteiger partial charge in [-0.1, -0.05) is 0 Å². The minimum absolute atomic E-state index is 0.432. The van der Waals surface area contributed by atoms with Crippen LogP contribution in [0.4, 0.5) is 0 Å². The Morgan fingerprint density at radius 1 is 1.55 bits per heavy atom. The predicted octanol–water partition coefficient (Wildman–Crippen LogP) is 1.07. The summed E-state index contributed by atoms with van der Waals surface area (Å²) in [7, 11) is 1.70. The molecule has 1 fully saturated rings. The van der Waals surface area contributed by atoms with Crippen molar-refractivity contribution in [3.05, 3.63) is 0 Å². The Balaban J connectivity index is 1.99. The zero-order chi connectivity index (χ0) is 8.10. The van der Waals surface area contributed by atoms with Crippen molar-refractivity contribution in [3.8, 4) is 0 Å². The largest absolute Gasteiger partial charge is 0.382 e. The van der Waals surface area contributed by atoms with Crippen molar-refractivity contribution in [1.29, 1.82) is 0 Å². The van der Waals surface area contributed by atoms with E-state index >= 15 is 0 Å². The zero-order valence-corrected chi connectivity index (χ0v) is 8.91. The summed E-state index contributed by atoms with van der Waals surface area (Å²) in [5.41, 5.74) is 0. The lowest BCUT2D eigenvalue weighted by atomic mass is 10.3. The maximum Gasteiger partial charge on any atom is 0.0723 e. The van der Waals surface area contributed by atoms with Gasteiger partial charge in [0.2, 0.25) is 0 Å². The topological polar surface area (TPSA) is 21.7 Å². The van der Waals surface area contributed by atoms with Gasteiger partial charge in [-0.05, 0) is 6.42 Å². The van der Waals surface area contributed by atoms with Crippen molar-refractivity contribution in [2.45, 2.75) is 12.5 Å². The minimum atomic E-state index is 0.432. The Morgan fingerprint density at radius 2 is 2.36 bits per heavy atom. The fraction of sp³-hybridized carbons (Fsp3) is 1.00. The summed E-state index contributed by atoms with van der Waals surface area (Å²) in [6.07, 6.45) is 1.59. The van der Waals surface area contributed by atoms with Crippen molar-refractivity contribution >= 4 is 22.9 Å². The van der Waals surface area contributed by atoms with E-state index in [1.165, 1.54) is 0 Å². The van der Waals surface area contributed by atoms with E-state index in [0.29, 0.717) is 12.7 Å². The SMILES string of the molecule is COCCO[C@H]1CCN(I)C1. The third kappa shape index (κ3) is 3.68. The van der Waals surface area contributed by atoms with Crippen molar-refractivity contribution < 1.29 is 9.47 Å². The minimum Gasteiger partial charge on any atom is -0.382 e. The van der Waals surface area contributed by atoms with Crippen LogP contribution in [-0.4, -0.2) is 42.6 Å². The lowest BCUT2D eigenvalue weighted by Crippen LogP contribution is -2.17. The van der Waals surface area contributed by atoms with Gasteiger partial charge < -0.3 is 9.47 Å². The normalized spacial score (nSPS) is 26.2. The Labute approximate surface area is 81.5 Å². The summed E-state index contributed by atoms with van der Waals surface area (Å²) in [4.78, 5) is 0. The molecule has 4 heteroatoms. The lowest BCUT2D eigenvalue weighted by Gasteiger charge is -2.10. The molecule has 0 saturated carbocycles.